The Morgan fingerprint density at radius 2 is 1.74 bits per heavy atom. The van der Waals surface area contributed by atoms with Gasteiger partial charge in [0, 0.05) is 80.0 Å². The number of esters is 1. The van der Waals surface area contributed by atoms with Crippen LogP contribution in [0.5, 0.6) is 11.5 Å². The second-order valence-corrected chi connectivity index (χ2v) is 14.9. The van der Waals surface area contributed by atoms with E-state index in [1.54, 1.807) is 17.0 Å². The second-order valence-electron chi connectivity index (χ2n) is 14.4. The maximum atomic E-state index is 13.7. The van der Waals surface area contributed by atoms with Crippen LogP contribution in [0.3, 0.4) is 0 Å². The van der Waals surface area contributed by atoms with E-state index in [4.69, 9.17) is 51.6 Å². The van der Waals surface area contributed by atoms with Gasteiger partial charge in [-0.25, -0.2) is 10.6 Å². The van der Waals surface area contributed by atoms with Crippen LogP contribution in [0, 0.1) is 12.8 Å². The molecule has 0 bridgehead atoms. The lowest BCUT2D eigenvalue weighted by Crippen LogP contribution is -2.63. The first kappa shape index (κ1) is 41.5. The van der Waals surface area contributed by atoms with Gasteiger partial charge in [-0.05, 0) is 73.9 Å². The number of nitrogens with two attached hydrogens (primary N) is 2. The number of hydrogen-bond donors (Lipinski definition) is 3. The minimum absolute atomic E-state index is 0.0737. The number of aryl methyl sites for hydroxylation is 1. The SMILES string of the molecule is COCC1OC(N(N)/C=C(\N)CCOc2ccc(C3c4[nH]c5ccc(Cl)cc5c4CCN3C(=O)Oc3ccc(C)cc3)cc2)C(OC)C(CC(C)=O)C1OC(C)=O. The molecule has 6 atom stereocenters. The first-order valence-corrected chi connectivity index (χ1v) is 19.2. The quantitative estimate of drug-likeness (QED) is 0.0778. The van der Waals surface area contributed by atoms with Crippen molar-refractivity contribution < 1.29 is 42.8 Å². The maximum absolute atomic E-state index is 13.7. The predicted octanol–water partition coefficient (Wildman–Crippen LogP) is 5.93. The Morgan fingerprint density at radius 3 is 2.40 bits per heavy atom. The second kappa shape index (κ2) is 18.4. The van der Waals surface area contributed by atoms with Crippen LogP contribution in [-0.4, -0.2) is 91.3 Å². The third kappa shape index (κ3) is 9.71. The molecule has 0 spiro atoms. The van der Waals surface area contributed by atoms with E-state index in [0.29, 0.717) is 41.6 Å². The van der Waals surface area contributed by atoms with Gasteiger partial charge in [0.25, 0.3) is 0 Å². The van der Waals surface area contributed by atoms with E-state index < -0.39 is 48.6 Å². The summed E-state index contributed by atoms with van der Waals surface area (Å²) in [7, 11) is 2.98. The number of hydrogen-bond acceptors (Lipinski definition) is 12. The highest BCUT2D eigenvalue weighted by Crippen LogP contribution is 2.40. The predicted molar refractivity (Wildman–Crippen MR) is 213 cm³/mol. The van der Waals surface area contributed by atoms with Crippen molar-refractivity contribution in [3.8, 4) is 11.5 Å². The Hall–Kier alpha value is -5.12. The molecule has 1 aromatic heterocycles. The first-order chi connectivity index (χ1) is 27.4. The monoisotopic (exact) mass is 803 g/mol. The minimum Gasteiger partial charge on any atom is -0.493 e. The number of methoxy groups -OCH3 is 2. The molecule has 2 aliphatic rings. The molecule has 3 heterocycles. The minimum atomic E-state index is -0.874. The summed E-state index contributed by atoms with van der Waals surface area (Å²) in [5.41, 5.74) is 11.7. The average molecular weight is 804 g/mol. The third-order valence-corrected chi connectivity index (χ3v) is 10.5. The molecule has 6 rings (SSSR count). The van der Waals surface area contributed by atoms with Crippen molar-refractivity contribution in [2.24, 2.45) is 17.5 Å². The summed E-state index contributed by atoms with van der Waals surface area (Å²) in [4.78, 5) is 43.3. The molecule has 6 unspecified atom stereocenters. The number of hydrazine groups is 1. The van der Waals surface area contributed by atoms with E-state index in [0.717, 1.165) is 33.3 Å². The molecule has 5 N–H and O–H groups in total. The number of Topliss-reactive ketones (excluding diaryl/α,β-unsaturated/α-hetero) is 1. The molecule has 304 valence electrons. The van der Waals surface area contributed by atoms with Gasteiger partial charge in [-0.15, -0.1) is 0 Å². The third-order valence-electron chi connectivity index (χ3n) is 10.2. The van der Waals surface area contributed by atoms with Gasteiger partial charge < -0.3 is 43.9 Å². The van der Waals surface area contributed by atoms with Gasteiger partial charge in [0.15, 0.2) is 6.23 Å². The van der Waals surface area contributed by atoms with Crippen LogP contribution in [0.2, 0.25) is 5.02 Å². The van der Waals surface area contributed by atoms with Gasteiger partial charge in [-0.1, -0.05) is 41.4 Å². The summed E-state index contributed by atoms with van der Waals surface area (Å²) >= 11 is 6.39. The molecule has 0 saturated carbocycles. The van der Waals surface area contributed by atoms with Crippen LogP contribution < -0.4 is 21.1 Å². The van der Waals surface area contributed by atoms with Gasteiger partial charge in [0.2, 0.25) is 0 Å². The van der Waals surface area contributed by atoms with E-state index >= 15 is 0 Å². The van der Waals surface area contributed by atoms with E-state index in [9.17, 15) is 14.4 Å². The molecule has 3 aromatic carbocycles. The number of carbonyl (C=O) groups excluding carboxylic acids is 3. The molecule has 1 fully saturated rings. The molecule has 2 aliphatic heterocycles. The summed E-state index contributed by atoms with van der Waals surface area (Å²) in [5.74, 6) is 6.38. The molecule has 15 heteroatoms. The number of benzene rings is 3. The van der Waals surface area contributed by atoms with Crippen molar-refractivity contribution >= 4 is 40.3 Å². The molecule has 0 radical (unpaired) electrons. The van der Waals surface area contributed by atoms with E-state index in [-0.39, 0.29) is 25.4 Å². The number of H-pyrrole nitrogens is 1. The highest BCUT2D eigenvalue weighted by atomic mass is 35.5. The standard InChI is InChI=1S/C42H50ClN5O9/c1-24-6-11-31(12-7-24)56-42(51)47-18-16-32-33-21-28(43)10-15-35(33)46-37(32)38(47)27-8-13-30(14-9-27)54-19-17-29(44)22-48(45)41-40(53-5)34(20-25(2)49)39(55-26(3)50)36(57-41)23-52-4/h6-15,21-22,34,36,38-41,46H,16-20,23,44-45H2,1-5H3/b29-22-. The number of ether oxygens (including phenoxy) is 6. The Kier molecular flexibility index (Phi) is 13.4. The van der Waals surface area contributed by atoms with Crippen molar-refractivity contribution in [3.63, 3.8) is 0 Å². The van der Waals surface area contributed by atoms with Crippen molar-refractivity contribution in [2.75, 3.05) is 34.0 Å². The normalized spacial score (nSPS) is 22.2. The van der Waals surface area contributed by atoms with Crippen LogP contribution >= 0.6 is 11.6 Å². The van der Waals surface area contributed by atoms with Crippen LogP contribution in [0.25, 0.3) is 10.9 Å². The lowest BCUT2D eigenvalue weighted by atomic mass is 9.84. The van der Waals surface area contributed by atoms with Crippen LogP contribution in [0.1, 0.15) is 55.1 Å². The molecule has 57 heavy (non-hydrogen) atoms. The molecular weight excluding hydrogens is 754 g/mol. The Morgan fingerprint density at radius 1 is 1.02 bits per heavy atom. The molecule has 1 amide bonds. The number of amides is 1. The number of ketones is 1. The summed E-state index contributed by atoms with van der Waals surface area (Å²) in [6, 6.07) is 20.2. The van der Waals surface area contributed by atoms with Crippen molar-refractivity contribution in [3.05, 3.63) is 106 Å². The molecule has 1 saturated heterocycles. The molecular formula is C42H50ClN5O9. The highest BCUT2D eigenvalue weighted by Gasteiger charge is 2.49. The van der Waals surface area contributed by atoms with Gasteiger partial charge in [0.05, 0.1) is 13.2 Å². The van der Waals surface area contributed by atoms with Crippen LogP contribution in [0.4, 0.5) is 4.79 Å². The topological polar surface area (TPSA) is 181 Å². The number of aromatic amines is 1. The summed E-state index contributed by atoms with van der Waals surface area (Å²) < 4.78 is 34.9. The van der Waals surface area contributed by atoms with Gasteiger partial charge in [0.1, 0.15) is 41.6 Å². The number of carbonyl (C=O) groups is 3. The number of nitrogens with zero attached hydrogens (tertiary/aromatic N) is 2. The lowest BCUT2D eigenvalue weighted by molar-refractivity contribution is -0.256. The zero-order chi connectivity index (χ0) is 40.8. The number of rotatable bonds is 14. The van der Waals surface area contributed by atoms with Gasteiger partial charge in [-0.3, -0.25) is 14.7 Å². The lowest BCUT2D eigenvalue weighted by Gasteiger charge is -2.47. The zero-order valence-corrected chi connectivity index (χ0v) is 33.5. The van der Waals surface area contributed by atoms with Gasteiger partial charge in [-0.2, -0.15) is 0 Å². The van der Waals surface area contributed by atoms with Crippen molar-refractivity contribution in [1.29, 1.82) is 0 Å². The van der Waals surface area contributed by atoms with Crippen molar-refractivity contribution in [1.82, 2.24) is 14.9 Å². The molecule has 0 aliphatic carbocycles. The van der Waals surface area contributed by atoms with E-state index in [2.05, 4.69) is 4.98 Å². The largest absolute Gasteiger partial charge is 0.493 e. The fourth-order valence-corrected chi connectivity index (χ4v) is 7.86. The molecule has 4 aromatic rings. The first-order valence-electron chi connectivity index (χ1n) is 18.8. The zero-order valence-electron chi connectivity index (χ0n) is 32.7. The molecule has 14 nitrogen and oxygen atoms in total. The van der Waals surface area contributed by atoms with E-state index in [1.807, 2.05) is 61.5 Å². The maximum Gasteiger partial charge on any atom is 0.416 e. The smallest absolute Gasteiger partial charge is 0.416 e. The number of nitrogens with one attached hydrogen (secondary N) is 1. The Labute approximate surface area is 336 Å². The average Bonchev–Trinajstić information content (AvgIpc) is 3.54. The van der Waals surface area contributed by atoms with Crippen LogP contribution in [-0.2, 0) is 35.0 Å². The Balaban J connectivity index is 1.15. The number of halogens is 1. The summed E-state index contributed by atoms with van der Waals surface area (Å²) in [6.45, 7) is 5.50. The number of aromatic nitrogens is 1. The fourth-order valence-electron chi connectivity index (χ4n) is 7.69. The number of fused-ring (bicyclic) bond motifs is 3. The van der Waals surface area contributed by atoms with Crippen molar-refractivity contribution in [2.45, 2.75) is 70.6 Å². The summed E-state index contributed by atoms with van der Waals surface area (Å²) in [6.07, 6.45) is -1.02. The fraction of sp³-hybridized carbons (Fsp3) is 0.405. The highest BCUT2D eigenvalue weighted by molar-refractivity contribution is 6.31. The van der Waals surface area contributed by atoms with Crippen LogP contribution in [0.15, 0.2) is 78.6 Å². The Bertz CT molecular complexity index is 2070. The van der Waals surface area contributed by atoms with Gasteiger partial charge >= 0.3 is 12.1 Å². The summed E-state index contributed by atoms with van der Waals surface area (Å²) in [5, 5.41) is 2.97. The van der Waals surface area contributed by atoms with E-state index in [1.165, 1.54) is 39.3 Å².